The summed E-state index contributed by atoms with van der Waals surface area (Å²) >= 11 is 0. The van der Waals surface area contributed by atoms with E-state index in [9.17, 15) is 4.39 Å². The minimum absolute atomic E-state index is 0.361. The summed E-state index contributed by atoms with van der Waals surface area (Å²) in [4.78, 5) is 0. The minimum atomic E-state index is -1.53. The molecule has 0 spiro atoms. The van der Waals surface area contributed by atoms with E-state index in [0.717, 1.165) is 6.42 Å². The van der Waals surface area contributed by atoms with Crippen LogP contribution in [0.15, 0.2) is 18.2 Å². The predicted molar refractivity (Wildman–Crippen MR) is 78.2 cm³/mol. The number of nitrogens with zero attached hydrogens (tertiary/aromatic N) is 1. The fourth-order valence-electron chi connectivity index (χ4n) is 2.40. The Kier molecular flexibility index (Phi) is 3.23. The number of aromatic nitrogens is 2. The zero-order valence-corrected chi connectivity index (χ0v) is 12.1. The smallest absolute Gasteiger partial charge is 0.161 e. The van der Waals surface area contributed by atoms with Gasteiger partial charge in [0.25, 0.3) is 0 Å². The van der Waals surface area contributed by atoms with E-state index in [-0.39, 0.29) is 0 Å². The Balaban J connectivity index is 2.18. The summed E-state index contributed by atoms with van der Waals surface area (Å²) in [6, 6.07) is 5.16. The van der Waals surface area contributed by atoms with Crippen LogP contribution in [0.3, 0.4) is 0 Å². The van der Waals surface area contributed by atoms with Crippen molar-refractivity contribution in [3.63, 3.8) is 0 Å². The highest BCUT2D eigenvalue weighted by atomic mass is 19.1. The third kappa shape index (κ3) is 2.66. The first kappa shape index (κ1) is 13.7. The lowest BCUT2D eigenvalue weighted by Gasteiger charge is -2.21. The molecular formula is C15H18FN3O2. The average molecular weight is 291 g/mol. The number of aromatic amines is 1. The Morgan fingerprint density at radius 1 is 1.19 bits per heavy atom. The summed E-state index contributed by atoms with van der Waals surface area (Å²) in [7, 11) is 0. The molecule has 6 heteroatoms. The van der Waals surface area contributed by atoms with Crippen LogP contribution in [0.25, 0.3) is 11.3 Å². The molecule has 1 aromatic heterocycles. The molecule has 1 aliphatic rings. The maximum atomic E-state index is 14.6. The summed E-state index contributed by atoms with van der Waals surface area (Å²) in [6.07, 6.45) is 0.801. The first-order chi connectivity index (χ1) is 9.95. The molecule has 0 atom stereocenters. The highest BCUT2D eigenvalue weighted by molar-refractivity contribution is 5.71. The number of nitrogen functional groups attached to an aromatic ring is 1. The maximum Gasteiger partial charge on any atom is 0.161 e. The van der Waals surface area contributed by atoms with E-state index in [1.165, 1.54) is 13.8 Å². The van der Waals surface area contributed by atoms with Gasteiger partial charge in [-0.25, -0.2) is 4.39 Å². The number of hydrogen-bond acceptors (Lipinski definition) is 4. The first-order valence-corrected chi connectivity index (χ1v) is 6.89. The maximum absolute atomic E-state index is 14.6. The Labute approximate surface area is 122 Å². The normalized spacial score (nSPS) is 14.8. The van der Waals surface area contributed by atoms with Gasteiger partial charge in [0.15, 0.2) is 11.5 Å². The van der Waals surface area contributed by atoms with Gasteiger partial charge >= 0.3 is 0 Å². The molecule has 1 aliphatic heterocycles. The van der Waals surface area contributed by atoms with E-state index < -0.39 is 5.67 Å². The van der Waals surface area contributed by atoms with Crippen LogP contribution in [0, 0.1) is 0 Å². The van der Waals surface area contributed by atoms with E-state index >= 15 is 0 Å². The van der Waals surface area contributed by atoms with E-state index in [2.05, 4.69) is 10.2 Å². The molecule has 3 N–H and O–H groups in total. The van der Waals surface area contributed by atoms with Gasteiger partial charge in [-0.3, -0.25) is 5.10 Å². The van der Waals surface area contributed by atoms with Crippen molar-refractivity contribution < 1.29 is 13.9 Å². The summed E-state index contributed by atoms with van der Waals surface area (Å²) < 4.78 is 25.9. The number of alkyl halides is 1. The number of H-pyrrole nitrogens is 1. The van der Waals surface area contributed by atoms with Crippen molar-refractivity contribution in [1.82, 2.24) is 10.2 Å². The zero-order chi connectivity index (χ0) is 15.0. The number of nitrogens with one attached hydrogen (secondary N) is 1. The molecule has 0 aliphatic carbocycles. The third-order valence-electron chi connectivity index (χ3n) is 3.42. The number of halogens is 1. The van der Waals surface area contributed by atoms with Crippen LogP contribution in [0.1, 0.15) is 25.8 Å². The fourth-order valence-corrected chi connectivity index (χ4v) is 2.40. The van der Waals surface area contributed by atoms with E-state index in [4.69, 9.17) is 15.2 Å². The molecule has 0 saturated carbocycles. The molecule has 21 heavy (non-hydrogen) atoms. The van der Waals surface area contributed by atoms with Crippen molar-refractivity contribution in [1.29, 1.82) is 0 Å². The minimum Gasteiger partial charge on any atom is -0.490 e. The second-order valence-corrected chi connectivity index (χ2v) is 5.57. The van der Waals surface area contributed by atoms with Crippen LogP contribution in [-0.2, 0) is 5.67 Å². The van der Waals surface area contributed by atoms with Gasteiger partial charge in [0.1, 0.15) is 11.5 Å². The lowest BCUT2D eigenvalue weighted by molar-refractivity contribution is 0.221. The lowest BCUT2D eigenvalue weighted by Crippen LogP contribution is -2.12. The number of hydrogen-bond donors (Lipinski definition) is 2. The van der Waals surface area contributed by atoms with Crippen molar-refractivity contribution in [2.45, 2.75) is 25.9 Å². The number of rotatable bonds is 2. The van der Waals surface area contributed by atoms with E-state index in [1.54, 1.807) is 18.2 Å². The third-order valence-corrected chi connectivity index (χ3v) is 3.42. The largest absolute Gasteiger partial charge is 0.490 e. The van der Waals surface area contributed by atoms with Crippen molar-refractivity contribution in [3.8, 4) is 22.8 Å². The molecule has 0 unspecified atom stereocenters. The van der Waals surface area contributed by atoms with Gasteiger partial charge in [-0.1, -0.05) is 0 Å². The topological polar surface area (TPSA) is 73.2 Å². The molecular weight excluding hydrogens is 273 g/mol. The highest BCUT2D eigenvalue weighted by Crippen LogP contribution is 2.42. The fraction of sp³-hybridized carbons (Fsp3) is 0.400. The second kappa shape index (κ2) is 4.95. The molecule has 112 valence electrons. The van der Waals surface area contributed by atoms with Crippen molar-refractivity contribution in [3.05, 3.63) is 23.8 Å². The Hall–Kier alpha value is -2.24. The number of fused-ring (bicyclic) bond motifs is 1. The van der Waals surface area contributed by atoms with Crippen molar-refractivity contribution in [2.75, 3.05) is 18.9 Å². The molecule has 0 radical (unpaired) electrons. The molecule has 0 bridgehead atoms. The van der Waals surface area contributed by atoms with Gasteiger partial charge in [0.2, 0.25) is 0 Å². The number of benzene rings is 1. The van der Waals surface area contributed by atoms with Crippen LogP contribution in [0.4, 0.5) is 10.2 Å². The average Bonchev–Trinajstić information content (AvgIpc) is 2.71. The SMILES string of the molecule is CC(C)(F)c1cc2c(cc1-c1cc(N)n[nH]1)OCCCO2. The number of ether oxygens (including phenoxy) is 2. The van der Waals surface area contributed by atoms with Crippen LogP contribution < -0.4 is 15.2 Å². The standard InChI is InChI=1S/C15H18FN3O2/c1-15(2,16)10-7-13-12(20-4-3-5-21-13)6-9(10)11-8-14(17)19-18-11/h6-8H,3-5H2,1-2H3,(H3,17,18,19). The predicted octanol–water partition coefficient (Wildman–Crippen LogP) is 3.02. The van der Waals surface area contributed by atoms with Crippen molar-refractivity contribution >= 4 is 5.82 Å². The van der Waals surface area contributed by atoms with Gasteiger partial charge in [0, 0.05) is 23.6 Å². The molecule has 0 amide bonds. The molecule has 5 nitrogen and oxygen atoms in total. The van der Waals surface area contributed by atoms with E-state index in [1.807, 2.05) is 0 Å². The molecule has 0 saturated heterocycles. The Morgan fingerprint density at radius 3 is 2.43 bits per heavy atom. The number of anilines is 1. The van der Waals surface area contributed by atoms with Gasteiger partial charge in [0.05, 0.1) is 18.9 Å². The van der Waals surface area contributed by atoms with Crippen LogP contribution >= 0.6 is 0 Å². The van der Waals surface area contributed by atoms with Gasteiger partial charge < -0.3 is 15.2 Å². The highest BCUT2D eigenvalue weighted by Gasteiger charge is 2.27. The quantitative estimate of drug-likeness (QED) is 0.892. The molecule has 2 heterocycles. The van der Waals surface area contributed by atoms with Crippen LogP contribution in [-0.4, -0.2) is 23.4 Å². The first-order valence-electron chi connectivity index (χ1n) is 6.89. The van der Waals surface area contributed by atoms with Gasteiger partial charge in [-0.15, -0.1) is 0 Å². The summed E-state index contributed by atoms with van der Waals surface area (Å²) in [5.74, 6) is 1.55. The number of nitrogens with two attached hydrogens (primary N) is 1. The summed E-state index contributed by atoms with van der Waals surface area (Å²) in [5.41, 5.74) is 5.96. The summed E-state index contributed by atoms with van der Waals surface area (Å²) in [6.45, 7) is 4.16. The zero-order valence-electron chi connectivity index (χ0n) is 12.1. The second-order valence-electron chi connectivity index (χ2n) is 5.57. The monoisotopic (exact) mass is 291 g/mol. The van der Waals surface area contributed by atoms with Gasteiger partial charge in [-0.05, 0) is 26.0 Å². The lowest BCUT2D eigenvalue weighted by atomic mass is 9.92. The molecule has 1 aromatic carbocycles. The van der Waals surface area contributed by atoms with Crippen LogP contribution in [0.5, 0.6) is 11.5 Å². The Bertz CT molecular complexity index is 661. The van der Waals surface area contributed by atoms with Gasteiger partial charge in [-0.2, -0.15) is 5.10 Å². The Morgan fingerprint density at radius 2 is 1.86 bits per heavy atom. The molecule has 0 fully saturated rings. The van der Waals surface area contributed by atoms with Crippen LogP contribution in [0.2, 0.25) is 0 Å². The van der Waals surface area contributed by atoms with Crippen molar-refractivity contribution in [2.24, 2.45) is 0 Å². The summed E-state index contributed by atoms with van der Waals surface area (Å²) in [5, 5.41) is 6.72. The van der Waals surface area contributed by atoms with E-state index in [0.29, 0.717) is 47.4 Å². The molecule has 2 aromatic rings. The molecule has 3 rings (SSSR count).